The highest BCUT2D eigenvalue weighted by molar-refractivity contribution is 5.91. The Morgan fingerprint density at radius 2 is 1.53 bits per heavy atom. The number of hydrogen-bond acceptors (Lipinski definition) is 17. The Labute approximate surface area is 265 Å². The molecule has 2 aliphatic rings. The van der Waals surface area contributed by atoms with E-state index in [0.717, 1.165) is 19.1 Å². The van der Waals surface area contributed by atoms with Gasteiger partial charge in [0, 0.05) is 24.6 Å². The minimum Gasteiger partial charge on any atom is -0.507 e. The summed E-state index contributed by atoms with van der Waals surface area (Å²) in [6.07, 6.45) is -17.6. The summed E-state index contributed by atoms with van der Waals surface area (Å²) in [6, 6.07) is 8.37. The van der Waals surface area contributed by atoms with Gasteiger partial charge in [0.25, 0.3) is 0 Å². The molecule has 10 atom stereocenters. The van der Waals surface area contributed by atoms with Crippen molar-refractivity contribution in [2.45, 2.75) is 68.3 Å². The van der Waals surface area contributed by atoms with Crippen LogP contribution in [-0.4, -0.2) is 129 Å². The molecule has 0 amide bonds. The van der Waals surface area contributed by atoms with Crippen molar-refractivity contribution >= 4 is 16.9 Å². The van der Waals surface area contributed by atoms with Gasteiger partial charge in [0.05, 0.1) is 13.7 Å². The fraction of sp³-hybridized carbons (Fsp3) is 0.467. The fourth-order valence-electron chi connectivity index (χ4n) is 5.21. The Morgan fingerprint density at radius 3 is 2.17 bits per heavy atom. The number of hydrogen-bond donors (Lipinski definition) is 8. The van der Waals surface area contributed by atoms with Crippen LogP contribution in [0.3, 0.4) is 0 Å². The molecule has 8 N–H and O–H groups in total. The van der Waals surface area contributed by atoms with Crippen LogP contribution < -0.4 is 14.9 Å². The fourth-order valence-corrected chi connectivity index (χ4v) is 5.21. The zero-order valence-electron chi connectivity index (χ0n) is 24.9. The molecule has 256 valence electrons. The van der Waals surface area contributed by atoms with Crippen molar-refractivity contribution in [3.8, 4) is 34.3 Å². The Kier molecular flexibility index (Phi) is 10.2. The van der Waals surface area contributed by atoms with Crippen LogP contribution in [0.25, 0.3) is 22.3 Å². The van der Waals surface area contributed by atoms with E-state index in [1.807, 2.05) is 0 Å². The number of aliphatic hydroxyl groups excluding tert-OH is 6. The van der Waals surface area contributed by atoms with Gasteiger partial charge in [-0.1, -0.05) is 0 Å². The first kappa shape index (κ1) is 34.3. The van der Waals surface area contributed by atoms with Crippen molar-refractivity contribution in [3.05, 3.63) is 46.6 Å². The number of phenolic OH excluding ortho intramolecular Hbond substituents is 2. The standard InChI is InChI=1S/C30H34O17/c1-11(32)42-10-19-22(36)24(38)26(40)29(46-19)47-28-25(39)21(35)18(9-31)45-30(28)44-17-8-15(34)20-14(33)7-16(43-27(20)23(17)37)12-3-5-13(41-2)6-4-12/h3-8,18-19,21-22,24-26,28-31,34-40H,9-10H2,1-2H3/t18-,19-,21+,22+,24+,25+,26-,28-,29+,30-/m1/s1. The lowest BCUT2D eigenvalue weighted by Gasteiger charge is -2.45. The molecule has 0 unspecified atom stereocenters. The van der Waals surface area contributed by atoms with Gasteiger partial charge < -0.3 is 73.7 Å². The van der Waals surface area contributed by atoms with Crippen LogP contribution in [0.5, 0.6) is 23.0 Å². The smallest absolute Gasteiger partial charge is 0.302 e. The maximum absolute atomic E-state index is 13.0. The molecule has 5 rings (SSSR count). The second kappa shape index (κ2) is 14.0. The summed E-state index contributed by atoms with van der Waals surface area (Å²) < 4.78 is 38.3. The molecule has 0 saturated carbocycles. The molecular weight excluding hydrogens is 632 g/mol. The van der Waals surface area contributed by atoms with Gasteiger partial charge in [-0.2, -0.15) is 0 Å². The van der Waals surface area contributed by atoms with E-state index in [1.54, 1.807) is 24.3 Å². The first-order valence-corrected chi connectivity index (χ1v) is 14.3. The van der Waals surface area contributed by atoms with Gasteiger partial charge in [-0.15, -0.1) is 0 Å². The van der Waals surface area contributed by atoms with E-state index >= 15 is 0 Å². The molecule has 3 aromatic rings. The molecule has 3 heterocycles. The van der Waals surface area contributed by atoms with E-state index in [4.69, 9.17) is 32.8 Å². The zero-order chi connectivity index (χ0) is 34.2. The number of ether oxygens (including phenoxy) is 6. The van der Waals surface area contributed by atoms with Crippen LogP contribution in [0.15, 0.2) is 45.6 Å². The van der Waals surface area contributed by atoms with Gasteiger partial charge >= 0.3 is 5.97 Å². The first-order valence-electron chi connectivity index (χ1n) is 14.3. The number of aliphatic hydroxyl groups is 6. The van der Waals surface area contributed by atoms with Crippen molar-refractivity contribution in [2.75, 3.05) is 20.3 Å². The van der Waals surface area contributed by atoms with Crippen LogP contribution in [-0.2, 0) is 23.7 Å². The highest BCUT2D eigenvalue weighted by Gasteiger charge is 2.51. The quantitative estimate of drug-likeness (QED) is 0.0949. The summed E-state index contributed by atoms with van der Waals surface area (Å²) >= 11 is 0. The Balaban J connectivity index is 1.48. The highest BCUT2D eigenvalue weighted by Crippen LogP contribution is 2.42. The Morgan fingerprint density at radius 1 is 0.872 bits per heavy atom. The lowest BCUT2D eigenvalue weighted by atomic mass is 9.97. The number of fused-ring (bicyclic) bond motifs is 1. The molecule has 0 bridgehead atoms. The number of methoxy groups -OCH3 is 1. The number of benzene rings is 2. The molecule has 2 fully saturated rings. The SMILES string of the molecule is COc1ccc(-c2cc(=O)c3c(O)cc(O[C@@H]4O[C@H](CO)[C@H](O)[C@H](O)[C@H]4O[C@@H]4O[C@H](COC(C)=O)[C@H](O)[C@H](O)[C@H]4O)c(O)c3o2)cc1. The number of carbonyl (C=O) groups excluding carboxylic acids is 1. The molecule has 2 aliphatic heterocycles. The Hall–Kier alpha value is -4.04. The van der Waals surface area contributed by atoms with Crippen molar-refractivity contribution < 1.29 is 78.5 Å². The summed E-state index contributed by atoms with van der Waals surface area (Å²) in [6.45, 7) is -0.277. The lowest BCUT2D eigenvalue weighted by Crippen LogP contribution is -2.65. The van der Waals surface area contributed by atoms with E-state index in [-0.39, 0.29) is 5.76 Å². The van der Waals surface area contributed by atoms with Crippen LogP contribution in [0.1, 0.15) is 6.92 Å². The van der Waals surface area contributed by atoms with Gasteiger partial charge in [-0.05, 0) is 24.3 Å². The summed E-state index contributed by atoms with van der Waals surface area (Å²) in [7, 11) is 1.47. The molecule has 1 aromatic heterocycles. The van der Waals surface area contributed by atoms with Crippen LogP contribution >= 0.6 is 0 Å². The van der Waals surface area contributed by atoms with Gasteiger partial charge in [-0.25, -0.2) is 0 Å². The predicted molar refractivity (Wildman–Crippen MR) is 154 cm³/mol. The van der Waals surface area contributed by atoms with Gasteiger partial charge in [0.2, 0.25) is 12.0 Å². The first-order chi connectivity index (χ1) is 22.3. The summed E-state index contributed by atoms with van der Waals surface area (Å²) in [5.74, 6) is -2.21. The van der Waals surface area contributed by atoms with Crippen molar-refractivity contribution in [2.24, 2.45) is 0 Å². The van der Waals surface area contributed by atoms with Crippen molar-refractivity contribution in [3.63, 3.8) is 0 Å². The van der Waals surface area contributed by atoms with Gasteiger partial charge in [0.1, 0.15) is 72.0 Å². The minimum atomic E-state index is -1.94. The molecule has 17 heteroatoms. The van der Waals surface area contributed by atoms with Crippen molar-refractivity contribution in [1.29, 1.82) is 0 Å². The second-order valence-electron chi connectivity index (χ2n) is 10.9. The van der Waals surface area contributed by atoms with E-state index in [1.165, 1.54) is 7.11 Å². The second-order valence-corrected chi connectivity index (χ2v) is 10.9. The predicted octanol–water partition coefficient (Wildman–Crippen LogP) is -1.55. The zero-order valence-corrected chi connectivity index (χ0v) is 24.9. The topological polar surface area (TPSA) is 264 Å². The van der Waals surface area contributed by atoms with Crippen LogP contribution in [0.2, 0.25) is 0 Å². The largest absolute Gasteiger partial charge is 0.507 e. The molecule has 47 heavy (non-hydrogen) atoms. The number of esters is 1. The third-order valence-corrected chi connectivity index (χ3v) is 7.77. The molecule has 0 radical (unpaired) electrons. The van der Waals surface area contributed by atoms with Crippen LogP contribution in [0, 0.1) is 0 Å². The average molecular weight is 667 g/mol. The molecule has 0 aliphatic carbocycles. The number of aromatic hydroxyl groups is 2. The van der Waals surface area contributed by atoms with Gasteiger partial charge in [-0.3, -0.25) is 9.59 Å². The van der Waals surface area contributed by atoms with Crippen LogP contribution in [0.4, 0.5) is 0 Å². The number of rotatable bonds is 9. The maximum Gasteiger partial charge on any atom is 0.302 e. The maximum atomic E-state index is 13.0. The monoisotopic (exact) mass is 666 g/mol. The van der Waals surface area contributed by atoms with Crippen molar-refractivity contribution in [1.82, 2.24) is 0 Å². The Bertz CT molecular complexity index is 1620. The summed E-state index contributed by atoms with van der Waals surface area (Å²) in [5.41, 5.74) is -0.771. The molecule has 2 saturated heterocycles. The van der Waals surface area contributed by atoms with E-state index in [2.05, 4.69) is 0 Å². The highest BCUT2D eigenvalue weighted by atomic mass is 16.8. The molecule has 17 nitrogen and oxygen atoms in total. The summed E-state index contributed by atoms with van der Waals surface area (Å²) in [5, 5.41) is 84.0. The normalized spacial score (nSPS) is 31.0. The van der Waals surface area contributed by atoms with E-state index in [9.17, 15) is 50.4 Å². The third kappa shape index (κ3) is 6.84. The van der Waals surface area contributed by atoms with E-state index in [0.29, 0.717) is 11.3 Å². The van der Waals surface area contributed by atoms with E-state index < -0.39 is 114 Å². The average Bonchev–Trinajstić information content (AvgIpc) is 3.05. The molecule has 0 spiro atoms. The lowest BCUT2D eigenvalue weighted by molar-refractivity contribution is -0.358. The minimum absolute atomic E-state index is 0.0125. The van der Waals surface area contributed by atoms with Gasteiger partial charge in [0.15, 0.2) is 29.2 Å². The number of phenols is 2. The molecular formula is C30H34O17. The summed E-state index contributed by atoms with van der Waals surface area (Å²) in [4.78, 5) is 24.2. The molecule has 2 aromatic carbocycles. The number of carbonyl (C=O) groups is 1. The third-order valence-electron chi connectivity index (χ3n) is 7.77.